The van der Waals surface area contributed by atoms with Crippen LogP contribution in [-0.2, 0) is 11.3 Å². The van der Waals surface area contributed by atoms with Crippen LogP contribution in [0, 0.1) is 5.92 Å². The number of nitrogens with one attached hydrogen (secondary N) is 1. The maximum absolute atomic E-state index is 12.6. The van der Waals surface area contributed by atoms with Crippen LogP contribution in [0.2, 0.25) is 0 Å². The minimum absolute atomic E-state index is 0.0290. The van der Waals surface area contributed by atoms with Crippen molar-refractivity contribution in [2.24, 2.45) is 5.92 Å². The molecule has 3 fully saturated rings. The van der Waals surface area contributed by atoms with E-state index >= 15 is 0 Å². The fraction of sp³-hybridized carbons (Fsp3) is 0.652. The van der Waals surface area contributed by atoms with Gasteiger partial charge in [0.15, 0.2) is 0 Å². The number of carbonyl (C=O) groups is 2. The Bertz CT molecular complexity index is 801. The number of ether oxygens (including phenoxy) is 1. The smallest absolute Gasteiger partial charge is 0.410 e. The Balaban J connectivity index is 1.16. The number of benzene rings is 1. The Morgan fingerprint density at radius 2 is 1.90 bits per heavy atom. The summed E-state index contributed by atoms with van der Waals surface area (Å²) in [5.41, 5.74) is 2.14. The summed E-state index contributed by atoms with van der Waals surface area (Å²) >= 11 is 0. The van der Waals surface area contributed by atoms with E-state index in [2.05, 4.69) is 16.3 Å². The average Bonchev–Trinajstić information content (AvgIpc) is 3.30. The molecule has 4 heterocycles. The van der Waals surface area contributed by atoms with E-state index in [0.717, 1.165) is 57.4 Å². The summed E-state index contributed by atoms with van der Waals surface area (Å²) in [7, 11) is 0. The Labute approximate surface area is 178 Å². The quantitative estimate of drug-likeness (QED) is 0.822. The number of amides is 3. The first-order chi connectivity index (χ1) is 14.6. The predicted molar refractivity (Wildman–Crippen MR) is 114 cm³/mol. The summed E-state index contributed by atoms with van der Waals surface area (Å²) in [6, 6.07) is 9.06. The Kier molecular flexibility index (Phi) is 5.31. The minimum atomic E-state index is -0.124. The van der Waals surface area contributed by atoms with Crippen molar-refractivity contribution in [1.82, 2.24) is 14.7 Å². The van der Waals surface area contributed by atoms with Gasteiger partial charge in [-0.05, 0) is 56.6 Å². The van der Waals surface area contributed by atoms with Crippen LogP contribution in [0.3, 0.4) is 0 Å². The number of hydrogen-bond acceptors (Lipinski definition) is 4. The van der Waals surface area contributed by atoms with Gasteiger partial charge in [-0.25, -0.2) is 9.59 Å². The first-order valence-corrected chi connectivity index (χ1v) is 11.5. The maximum atomic E-state index is 12.6. The number of rotatable bonds is 4. The Morgan fingerprint density at radius 1 is 1.13 bits per heavy atom. The predicted octanol–water partition coefficient (Wildman–Crippen LogP) is 3.51. The molecule has 162 valence electrons. The van der Waals surface area contributed by atoms with Crippen LogP contribution in [0.4, 0.5) is 15.3 Å². The van der Waals surface area contributed by atoms with Crippen LogP contribution >= 0.6 is 0 Å². The molecule has 0 spiro atoms. The van der Waals surface area contributed by atoms with E-state index in [4.69, 9.17) is 4.74 Å². The molecule has 2 bridgehead atoms. The first-order valence-electron chi connectivity index (χ1n) is 11.5. The summed E-state index contributed by atoms with van der Waals surface area (Å²) in [6.45, 7) is 6.08. The van der Waals surface area contributed by atoms with Gasteiger partial charge in [0.1, 0.15) is 0 Å². The van der Waals surface area contributed by atoms with Gasteiger partial charge in [-0.1, -0.05) is 18.2 Å². The third-order valence-electron chi connectivity index (χ3n) is 7.37. The van der Waals surface area contributed by atoms with Gasteiger partial charge in [0.2, 0.25) is 0 Å². The van der Waals surface area contributed by atoms with Crippen molar-refractivity contribution in [1.29, 1.82) is 0 Å². The van der Waals surface area contributed by atoms with Crippen LogP contribution in [0.5, 0.6) is 0 Å². The van der Waals surface area contributed by atoms with Crippen molar-refractivity contribution in [3.05, 3.63) is 29.8 Å². The molecule has 0 aromatic heterocycles. The van der Waals surface area contributed by atoms with Crippen LogP contribution in [0.1, 0.15) is 44.6 Å². The van der Waals surface area contributed by atoms with Crippen molar-refractivity contribution in [2.75, 3.05) is 31.6 Å². The van der Waals surface area contributed by atoms with Crippen LogP contribution in [0.15, 0.2) is 24.3 Å². The number of nitrogens with zero attached hydrogens (tertiary/aromatic N) is 3. The molecular weight excluding hydrogens is 380 g/mol. The molecule has 1 aromatic rings. The summed E-state index contributed by atoms with van der Waals surface area (Å²) < 4.78 is 5.28. The molecule has 1 unspecified atom stereocenters. The number of para-hydroxylation sites is 1. The van der Waals surface area contributed by atoms with Gasteiger partial charge < -0.3 is 24.8 Å². The zero-order valence-electron chi connectivity index (χ0n) is 17.8. The molecule has 0 saturated carbocycles. The molecule has 4 atom stereocenters. The summed E-state index contributed by atoms with van der Waals surface area (Å²) in [6.07, 6.45) is 5.28. The SMILES string of the molecule is CCOC(=O)N1[C@@H]2CC[C@H]1CC(CN1CC[C@@H](N3Cc4ccccc4NC3=O)C1)C2. The molecule has 0 radical (unpaired) electrons. The number of hydrogen-bond donors (Lipinski definition) is 1. The molecule has 1 N–H and O–H groups in total. The molecule has 5 rings (SSSR count). The molecule has 7 nitrogen and oxygen atoms in total. The molecule has 0 aliphatic carbocycles. The fourth-order valence-electron chi connectivity index (χ4n) is 6.05. The van der Waals surface area contributed by atoms with E-state index in [1.54, 1.807) is 0 Å². The molecule has 4 aliphatic rings. The summed E-state index contributed by atoms with van der Waals surface area (Å²) in [4.78, 5) is 31.5. The molecule has 4 aliphatic heterocycles. The second-order valence-corrected chi connectivity index (χ2v) is 9.25. The monoisotopic (exact) mass is 412 g/mol. The van der Waals surface area contributed by atoms with Crippen molar-refractivity contribution in [3.8, 4) is 0 Å². The Morgan fingerprint density at radius 3 is 2.67 bits per heavy atom. The fourth-order valence-corrected chi connectivity index (χ4v) is 6.05. The number of likely N-dealkylation sites (tertiary alicyclic amines) is 1. The highest BCUT2D eigenvalue weighted by Gasteiger charge is 2.44. The van der Waals surface area contributed by atoms with E-state index in [1.165, 1.54) is 5.56 Å². The van der Waals surface area contributed by atoms with Crippen molar-refractivity contribution in [2.45, 2.75) is 63.7 Å². The van der Waals surface area contributed by atoms with Crippen LogP contribution < -0.4 is 5.32 Å². The molecule has 7 heteroatoms. The standard InChI is InChI=1S/C23H32N4O3/c1-2-30-23(29)27-18-7-8-19(27)12-16(11-18)13-25-10-9-20(15-25)26-14-17-5-3-4-6-21(17)24-22(26)28/h3-6,16,18-20H,2,7-15H2,1H3,(H,24,28)/t16?,18-,19+,20-/m1/s1. The van der Waals surface area contributed by atoms with Gasteiger partial charge in [-0.3, -0.25) is 0 Å². The lowest BCUT2D eigenvalue weighted by molar-refractivity contribution is 0.0544. The third kappa shape index (κ3) is 3.64. The lowest BCUT2D eigenvalue weighted by Gasteiger charge is -2.39. The zero-order chi connectivity index (χ0) is 20.7. The minimum Gasteiger partial charge on any atom is -0.450 e. The van der Waals surface area contributed by atoms with Crippen molar-refractivity contribution >= 4 is 17.8 Å². The van der Waals surface area contributed by atoms with Crippen LogP contribution in [0.25, 0.3) is 0 Å². The Hall–Kier alpha value is -2.28. The lowest BCUT2D eigenvalue weighted by Crippen LogP contribution is -2.49. The van der Waals surface area contributed by atoms with E-state index in [0.29, 0.717) is 31.2 Å². The average molecular weight is 413 g/mol. The van der Waals surface area contributed by atoms with E-state index < -0.39 is 0 Å². The second kappa shape index (κ2) is 8.10. The number of urea groups is 1. The summed E-state index contributed by atoms with van der Waals surface area (Å²) in [5, 5.41) is 3.05. The molecule has 30 heavy (non-hydrogen) atoms. The maximum Gasteiger partial charge on any atom is 0.410 e. The molecular formula is C23H32N4O3. The van der Waals surface area contributed by atoms with Gasteiger partial charge in [-0.2, -0.15) is 0 Å². The van der Waals surface area contributed by atoms with Gasteiger partial charge in [0, 0.05) is 50.0 Å². The lowest BCUT2D eigenvalue weighted by atomic mass is 9.90. The van der Waals surface area contributed by atoms with Crippen LogP contribution in [-0.4, -0.2) is 71.2 Å². The van der Waals surface area contributed by atoms with Crippen molar-refractivity contribution in [3.63, 3.8) is 0 Å². The normalized spacial score (nSPS) is 30.9. The topological polar surface area (TPSA) is 65.1 Å². The van der Waals surface area contributed by atoms with Gasteiger partial charge >= 0.3 is 12.1 Å². The largest absolute Gasteiger partial charge is 0.450 e. The zero-order valence-corrected chi connectivity index (χ0v) is 17.8. The third-order valence-corrected chi connectivity index (χ3v) is 7.37. The van der Waals surface area contributed by atoms with Gasteiger partial charge in [0.25, 0.3) is 0 Å². The highest BCUT2D eigenvalue weighted by molar-refractivity contribution is 5.92. The number of fused-ring (bicyclic) bond motifs is 3. The first kappa shape index (κ1) is 19.7. The second-order valence-electron chi connectivity index (χ2n) is 9.25. The van der Waals surface area contributed by atoms with E-state index in [9.17, 15) is 9.59 Å². The number of carbonyl (C=O) groups excluding carboxylic acids is 2. The number of anilines is 1. The van der Waals surface area contributed by atoms with Gasteiger partial charge in [-0.15, -0.1) is 0 Å². The van der Waals surface area contributed by atoms with Crippen molar-refractivity contribution < 1.29 is 14.3 Å². The summed E-state index contributed by atoms with van der Waals surface area (Å²) in [5.74, 6) is 0.628. The van der Waals surface area contributed by atoms with Gasteiger partial charge in [0.05, 0.1) is 6.61 Å². The molecule has 3 amide bonds. The van der Waals surface area contributed by atoms with E-state index in [-0.39, 0.29) is 18.2 Å². The molecule has 3 saturated heterocycles. The number of piperidine rings is 1. The molecule has 1 aromatic carbocycles. The highest BCUT2D eigenvalue weighted by Crippen LogP contribution is 2.40. The highest BCUT2D eigenvalue weighted by atomic mass is 16.6. The van der Waals surface area contributed by atoms with E-state index in [1.807, 2.05) is 34.9 Å².